The van der Waals surface area contributed by atoms with Gasteiger partial charge in [0.15, 0.2) is 6.73 Å². The third-order valence-corrected chi connectivity index (χ3v) is 6.15. The molecule has 0 N–H and O–H groups in total. The van der Waals surface area contributed by atoms with E-state index in [0.29, 0.717) is 24.3 Å². The predicted octanol–water partition coefficient (Wildman–Crippen LogP) is 5.67. The van der Waals surface area contributed by atoms with Gasteiger partial charge in [0, 0.05) is 40.7 Å². The smallest absolute Gasteiger partial charge is 0.340 e. The van der Waals surface area contributed by atoms with Crippen LogP contribution in [0.2, 0.25) is 0 Å². The molecule has 1 aliphatic rings. The highest BCUT2D eigenvalue weighted by molar-refractivity contribution is 5.87. The van der Waals surface area contributed by atoms with Crippen molar-refractivity contribution in [1.82, 2.24) is 0 Å². The summed E-state index contributed by atoms with van der Waals surface area (Å²) in [5.41, 5.74) is 7.52. The van der Waals surface area contributed by atoms with Gasteiger partial charge in [-0.1, -0.05) is 42.5 Å². The van der Waals surface area contributed by atoms with Crippen molar-refractivity contribution in [3.05, 3.63) is 104 Å². The van der Waals surface area contributed by atoms with Crippen LogP contribution in [0.25, 0.3) is 11.0 Å². The van der Waals surface area contributed by atoms with E-state index in [9.17, 15) is 4.79 Å². The summed E-state index contributed by atoms with van der Waals surface area (Å²) in [6.07, 6.45) is 0.562. The topological polar surface area (TPSA) is 42.7 Å². The maximum Gasteiger partial charge on any atom is 0.340 e. The number of hydrogen-bond acceptors (Lipinski definition) is 4. The van der Waals surface area contributed by atoms with Crippen molar-refractivity contribution >= 4 is 16.7 Å². The van der Waals surface area contributed by atoms with Gasteiger partial charge in [0.25, 0.3) is 0 Å². The molecule has 31 heavy (non-hydrogen) atoms. The lowest BCUT2D eigenvalue weighted by atomic mass is 9.96. The predicted molar refractivity (Wildman–Crippen MR) is 124 cm³/mol. The highest BCUT2D eigenvalue weighted by atomic mass is 16.5. The van der Waals surface area contributed by atoms with Crippen molar-refractivity contribution in [3.8, 4) is 5.75 Å². The van der Waals surface area contributed by atoms with Crippen LogP contribution in [0.5, 0.6) is 5.75 Å². The standard InChI is InChI=1S/C27H25NO3/c1-17-8-7-11-22(12-17)28-15-21-14-23-18(2)24(13-20-9-5-4-6-10-20)27(29)31-26(23)19(3)25(21)30-16-28/h4-12,14H,13,15-16H2,1-3H3. The molecule has 0 saturated carbocycles. The highest BCUT2D eigenvalue weighted by Gasteiger charge is 2.24. The fourth-order valence-electron chi connectivity index (χ4n) is 4.44. The van der Waals surface area contributed by atoms with E-state index in [1.54, 1.807) is 0 Å². The SMILES string of the molecule is Cc1cccc(N2COc3c(cc4c(C)c(Cc5ccccc5)c(=O)oc4c3C)C2)c1. The van der Waals surface area contributed by atoms with E-state index in [0.717, 1.165) is 45.6 Å². The summed E-state index contributed by atoms with van der Waals surface area (Å²) < 4.78 is 12.0. The maximum absolute atomic E-state index is 12.8. The first kappa shape index (κ1) is 19.4. The zero-order chi connectivity index (χ0) is 21.5. The summed E-state index contributed by atoms with van der Waals surface area (Å²) in [5.74, 6) is 0.828. The van der Waals surface area contributed by atoms with Crippen molar-refractivity contribution in [3.63, 3.8) is 0 Å². The second-order valence-corrected chi connectivity index (χ2v) is 8.33. The van der Waals surface area contributed by atoms with Crippen LogP contribution in [0, 0.1) is 20.8 Å². The lowest BCUT2D eigenvalue weighted by Gasteiger charge is -2.32. The normalized spacial score (nSPS) is 13.2. The van der Waals surface area contributed by atoms with Crippen LogP contribution >= 0.6 is 0 Å². The summed E-state index contributed by atoms with van der Waals surface area (Å²) in [4.78, 5) is 15.1. The summed E-state index contributed by atoms with van der Waals surface area (Å²) in [7, 11) is 0. The van der Waals surface area contributed by atoms with Gasteiger partial charge in [-0.05, 0) is 55.7 Å². The average Bonchev–Trinajstić information content (AvgIpc) is 2.78. The average molecular weight is 412 g/mol. The van der Waals surface area contributed by atoms with Crippen LogP contribution in [0.3, 0.4) is 0 Å². The Bertz CT molecular complexity index is 1340. The number of fused-ring (bicyclic) bond motifs is 2. The number of aryl methyl sites for hydroxylation is 3. The third-order valence-electron chi connectivity index (χ3n) is 6.15. The first-order valence-corrected chi connectivity index (χ1v) is 10.6. The number of anilines is 1. The first-order chi connectivity index (χ1) is 15.0. The van der Waals surface area contributed by atoms with Gasteiger partial charge in [-0.15, -0.1) is 0 Å². The Hall–Kier alpha value is -3.53. The molecule has 1 aliphatic heterocycles. The molecule has 0 unspecified atom stereocenters. The van der Waals surface area contributed by atoms with Gasteiger partial charge in [-0.25, -0.2) is 4.79 Å². The molecule has 0 spiro atoms. The van der Waals surface area contributed by atoms with E-state index in [2.05, 4.69) is 42.2 Å². The molecule has 4 heteroatoms. The van der Waals surface area contributed by atoms with E-state index in [1.807, 2.05) is 44.2 Å². The molecule has 0 amide bonds. The number of ether oxygens (including phenoxy) is 1. The number of nitrogens with zero attached hydrogens (tertiary/aromatic N) is 1. The molecule has 0 radical (unpaired) electrons. The van der Waals surface area contributed by atoms with E-state index >= 15 is 0 Å². The first-order valence-electron chi connectivity index (χ1n) is 10.6. The van der Waals surface area contributed by atoms with Crippen LogP contribution in [-0.2, 0) is 13.0 Å². The fraction of sp³-hybridized carbons (Fsp3) is 0.222. The molecule has 1 aromatic heterocycles. The monoisotopic (exact) mass is 411 g/mol. The molecule has 156 valence electrons. The molecule has 0 atom stereocenters. The lowest BCUT2D eigenvalue weighted by molar-refractivity contribution is 0.287. The third kappa shape index (κ3) is 3.48. The fourth-order valence-corrected chi connectivity index (χ4v) is 4.44. The lowest BCUT2D eigenvalue weighted by Crippen LogP contribution is -2.32. The van der Waals surface area contributed by atoms with Crippen LogP contribution < -0.4 is 15.3 Å². The molecule has 0 bridgehead atoms. The molecule has 0 aliphatic carbocycles. The molecule has 3 aromatic carbocycles. The second-order valence-electron chi connectivity index (χ2n) is 8.33. The van der Waals surface area contributed by atoms with Crippen molar-refractivity contribution in [1.29, 1.82) is 0 Å². The summed E-state index contributed by atoms with van der Waals surface area (Å²) in [6.45, 7) is 7.31. The molecule has 4 nitrogen and oxygen atoms in total. The van der Waals surface area contributed by atoms with Gasteiger partial charge in [0.2, 0.25) is 0 Å². The van der Waals surface area contributed by atoms with Gasteiger partial charge in [-0.2, -0.15) is 0 Å². The highest BCUT2D eigenvalue weighted by Crippen LogP contribution is 2.37. The van der Waals surface area contributed by atoms with Gasteiger partial charge in [-0.3, -0.25) is 0 Å². The van der Waals surface area contributed by atoms with E-state index in [-0.39, 0.29) is 5.63 Å². The Morgan fingerprint density at radius 2 is 1.74 bits per heavy atom. The summed E-state index contributed by atoms with van der Waals surface area (Å²) in [5, 5.41) is 0.983. The Labute approximate surface area is 181 Å². The van der Waals surface area contributed by atoms with Gasteiger partial charge >= 0.3 is 5.63 Å². The van der Waals surface area contributed by atoms with E-state index < -0.39 is 0 Å². The molecular weight excluding hydrogens is 386 g/mol. The van der Waals surface area contributed by atoms with Crippen molar-refractivity contribution in [2.24, 2.45) is 0 Å². The van der Waals surface area contributed by atoms with E-state index in [1.165, 1.54) is 5.56 Å². The molecule has 5 rings (SSSR count). The Morgan fingerprint density at radius 3 is 2.52 bits per heavy atom. The largest absolute Gasteiger partial charge is 0.472 e. The van der Waals surface area contributed by atoms with Gasteiger partial charge in [0.05, 0.1) is 0 Å². The minimum absolute atomic E-state index is 0.269. The molecule has 0 fully saturated rings. The summed E-state index contributed by atoms with van der Waals surface area (Å²) >= 11 is 0. The quantitative estimate of drug-likeness (QED) is 0.408. The van der Waals surface area contributed by atoms with Crippen molar-refractivity contribution in [2.45, 2.75) is 33.7 Å². The van der Waals surface area contributed by atoms with Gasteiger partial charge in [0.1, 0.15) is 11.3 Å². The molecule has 0 saturated heterocycles. The minimum atomic E-state index is -0.269. The van der Waals surface area contributed by atoms with Crippen LogP contribution in [0.1, 0.15) is 33.4 Å². The number of benzene rings is 3. The van der Waals surface area contributed by atoms with Crippen LogP contribution in [0.15, 0.2) is 69.9 Å². The zero-order valence-corrected chi connectivity index (χ0v) is 18.1. The Balaban J connectivity index is 1.60. The Morgan fingerprint density at radius 1 is 0.935 bits per heavy atom. The zero-order valence-electron chi connectivity index (χ0n) is 18.1. The summed E-state index contributed by atoms with van der Waals surface area (Å²) in [6, 6.07) is 20.6. The van der Waals surface area contributed by atoms with E-state index in [4.69, 9.17) is 9.15 Å². The maximum atomic E-state index is 12.8. The molecule has 4 aromatic rings. The van der Waals surface area contributed by atoms with Gasteiger partial charge < -0.3 is 14.1 Å². The number of hydrogen-bond donors (Lipinski definition) is 0. The van der Waals surface area contributed by atoms with Crippen LogP contribution in [0.4, 0.5) is 5.69 Å². The van der Waals surface area contributed by atoms with Crippen molar-refractivity contribution in [2.75, 3.05) is 11.6 Å². The van der Waals surface area contributed by atoms with Crippen molar-refractivity contribution < 1.29 is 9.15 Å². The number of rotatable bonds is 3. The Kier molecular flexibility index (Phi) is 4.78. The molecule has 2 heterocycles. The second kappa shape index (κ2) is 7.62. The minimum Gasteiger partial charge on any atom is -0.472 e. The van der Waals surface area contributed by atoms with Crippen LogP contribution in [-0.4, -0.2) is 6.73 Å². The molecular formula is C27H25NO3.